The van der Waals surface area contributed by atoms with Crippen LogP contribution in [0, 0.1) is 0 Å². The van der Waals surface area contributed by atoms with E-state index in [1.165, 1.54) is 0 Å². The summed E-state index contributed by atoms with van der Waals surface area (Å²) >= 11 is 0. The molecule has 1 heterocycles. The first-order valence-electron chi connectivity index (χ1n) is 7.75. The fraction of sp³-hybridized carbons (Fsp3) is 0.375. The van der Waals surface area contributed by atoms with E-state index in [-0.39, 0.29) is 24.0 Å². The Labute approximate surface area is 139 Å². The minimum Gasteiger partial charge on any atom is -0.383 e. The maximum atomic E-state index is 12.8. The molecule has 0 aliphatic carbocycles. The van der Waals surface area contributed by atoms with Crippen LogP contribution in [0.5, 0.6) is 0 Å². The largest absolute Gasteiger partial charge is 0.383 e. The predicted molar refractivity (Wildman–Crippen MR) is 87.4 cm³/mol. The van der Waals surface area contributed by atoms with Crippen molar-refractivity contribution in [3.63, 3.8) is 0 Å². The van der Waals surface area contributed by atoms with Gasteiger partial charge in [-0.3, -0.25) is 29.4 Å². The smallest absolute Gasteiger partial charge is 0.264 e. The molecule has 8 heteroatoms. The number of hydrogen-bond acceptors (Lipinski definition) is 6. The van der Waals surface area contributed by atoms with Crippen LogP contribution in [0.4, 0.5) is 5.69 Å². The van der Waals surface area contributed by atoms with Crippen molar-refractivity contribution in [2.24, 2.45) is 5.73 Å². The number of carbonyl (C=O) groups excluding carboxylic acids is 4. The summed E-state index contributed by atoms with van der Waals surface area (Å²) in [6.45, 7) is 2.64. The maximum Gasteiger partial charge on any atom is 0.264 e. The van der Waals surface area contributed by atoms with Crippen molar-refractivity contribution in [3.8, 4) is 0 Å². The van der Waals surface area contributed by atoms with Gasteiger partial charge in [-0.25, -0.2) is 0 Å². The maximum absolute atomic E-state index is 12.8. The summed E-state index contributed by atoms with van der Waals surface area (Å²) in [7, 11) is 0. The molecular weight excluding hydrogens is 312 g/mol. The molecule has 1 aliphatic rings. The van der Waals surface area contributed by atoms with Gasteiger partial charge < -0.3 is 11.1 Å². The van der Waals surface area contributed by atoms with Gasteiger partial charge in [0.2, 0.25) is 12.3 Å². The molecule has 1 aromatic rings. The van der Waals surface area contributed by atoms with Crippen LogP contribution in [-0.4, -0.2) is 48.2 Å². The molecule has 0 aromatic heterocycles. The third-order valence-corrected chi connectivity index (χ3v) is 3.78. The van der Waals surface area contributed by atoms with Crippen molar-refractivity contribution >= 4 is 29.8 Å². The van der Waals surface area contributed by atoms with Gasteiger partial charge in [0.1, 0.15) is 6.04 Å². The van der Waals surface area contributed by atoms with E-state index in [1.807, 2.05) is 12.2 Å². The Morgan fingerprint density at radius 3 is 2.71 bits per heavy atom. The number of imide groups is 2. The van der Waals surface area contributed by atoms with Gasteiger partial charge in [0, 0.05) is 18.8 Å². The molecule has 128 valence electrons. The molecule has 1 unspecified atom stereocenters. The predicted octanol–water partition coefficient (Wildman–Crippen LogP) is 0.0945. The van der Waals surface area contributed by atoms with Crippen LogP contribution in [0.1, 0.15) is 40.5 Å². The van der Waals surface area contributed by atoms with Crippen molar-refractivity contribution in [2.75, 3.05) is 18.4 Å². The number of amides is 4. The molecule has 4 amide bonds. The number of nitrogens with one attached hydrogen (secondary N) is 2. The van der Waals surface area contributed by atoms with E-state index >= 15 is 0 Å². The van der Waals surface area contributed by atoms with Crippen LogP contribution < -0.4 is 16.4 Å². The lowest BCUT2D eigenvalue weighted by Crippen LogP contribution is -2.49. The second-order valence-electron chi connectivity index (χ2n) is 5.35. The Morgan fingerprint density at radius 2 is 2.08 bits per heavy atom. The summed E-state index contributed by atoms with van der Waals surface area (Å²) in [5.74, 6) is -1.75. The van der Waals surface area contributed by atoms with E-state index in [0.29, 0.717) is 25.2 Å². The molecule has 0 bridgehead atoms. The highest BCUT2D eigenvalue weighted by Crippen LogP contribution is 2.31. The summed E-state index contributed by atoms with van der Waals surface area (Å²) in [6, 6.07) is 3.87. The standard InChI is InChI=1S/C16H20N4O4/c1-2-4-12(14(22)19-9-21)20-15(23)10-5-3-6-11(18-8-7-17)13(10)16(20)24/h3,5-6,9,12,18H,2,4,7-8,17H2,1H3,(H,19,21,22). The van der Waals surface area contributed by atoms with Gasteiger partial charge >= 0.3 is 0 Å². The van der Waals surface area contributed by atoms with E-state index in [4.69, 9.17) is 5.73 Å². The first-order valence-corrected chi connectivity index (χ1v) is 7.75. The quantitative estimate of drug-likeness (QED) is 0.458. The van der Waals surface area contributed by atoms with E-state index in [2.05, 4.69) is 5.32 Å². The third-order valence-electron chi connectivity index (χ3n) is 3.78. The summed E-state index contributed by atoms with van der Waals surface area (Å²) in [5, 5.41) is 5.04. The Hall–Kier alpha value is -2.74. The molecule has 2 rings (SSSR count). The number of benzene rings is 1. The zero-order valence-corrected chi connectivity index (χ0v) is 13.4. The Morgan fingerprint density at radius 1 is 1.33 bits per heavy atom. The summed E-state index contributed by atoms with van der Waals surface area (Å²) < 4.78 is 0. The second kappa shape index (κ2) is 7.69. The molecule has 4 N–H and O–H groups in total. The van der Waals surface area contributed by atoms with E-state index in [1.54, 1.807) is 18.2 Å². The minimum atomic E-state index is -1.02. The zero-order chi connectivity index (χ0) is 17.7. The number of hydrogen-bond donors (Lipinski definition) is 3. The first-order chi connectivity index (χ1) is 11.6. The molecule has 1 aromatic carbocycles. The molecule has 1 atom stereocenters. The van der Waals surface area contributed by atoms with Gasteiger partial charge in [-0.2, -0.15) is 0 Å². The molecule has 0 saturated carbocycles. The molecule has 1 aliphatic heterocycles. The molecule has 0 fully saturated rings. The number of anilines is 1. The number of nitrogens with two attached hydrogens (primary N) is 1. The Balaban J connectivity index is 2.40. The minimum absolute atomic E-state index is 0.232. The van der Waals surface area contributed by atoms with Gasteiger partial charge in [0.15, 0.2) is 0 Å². The van der Waals surface area contributed by atoms with Crippen molar-refractivity contribution in [3.05, 3.63) is 29.3 Å². The normalized spacial score (nSPS) is 14.3. The number of carbonyl (C=O) groups is 4. The molecule has 24 heavy (non-hydrogen) atoms. The molecule has 0 spiro atoms. The summed E-state index contributed by atoms with van der Waals surface area (Å²) in [4.78, 5) is 49.0. The average Bonchev–Trinajstić information content (AvgIpc) is 2.83. The average molecular weight is 332 g/mol. The fourth-order valence-electron chi connectivity index (χ4n) is 2.75. The summed E-state index contributed by atoms with van der Waals surface area (Å²) in [5.41, 5.74) is 6.44. The fourth-order valence-corrected chi connectivity index (χ4v) is 2.75. The van der Waals surface area contributed by atoms with Crippen molar-refractivity contribution in [2.45, 2.75) is 25.8 Å². The van der Waals surface area contributed by atoms with Crippen molar-refractivity contribution in [1.29, 1.82) is 0 Å². The van der Waals surface area contributed by atoms with Crippen LogP contribution >= 0.6 is 0 Å². The highest BCUT2D eigenvalue weighted by atomic mass is 16.2. The van der Waals surface area contributed by atoms with Gasteiger partial charge in [0.25, 0.3) is 11.8 Å². The van der Waals surface area contributed by atoms with Crippen LogP contribution in [0.3, 0.4) is 0 Å². The van der Waals surface area contributed by atoms with Crippen LogP contribution in [0.25, 0.3) is 0 Å². The highest BCUT2D eigenvalue weighted by Gasteiger charge is 2.43. The van der Waals surface area contributed by atoms with Crippen molar-refractivity contribution in [1.82, 2.24) is 10.2 Å². The molecule has 0 saturated heterocycles. The monoisotopic (exact) mass is 332 g/mol. The van der Waals surface area contributed by atoms with E-state index in [9.17, 15) is 19.2 Å². The number of rotatable bonds is 8. The Bertz CT molecular complexity index is 674. The van der Waals surface area contributed by atoms with Gasteiger partial charge in [0.05, 0.1) is 11.1 Å². The van der Waals surface area contributed by atoms with Crippen LogP contribution in [-0.2, 0) is 9.59 Å². The second-order valence-corrected chi connectivity index (χ2v) is 5.35. The van der Waals surface area contributed by atoms with Gasteiger partial charge in [-0.05, 0) is 18.6 Å². The lowest BCUT2D eigenvalue weighted by molar-refractivity contribution is -0.128. The lowest BCUT2D eigenvalue weighted by Gasteiger charge is -2.24. The molecule has 0 radical (unpaired) electrons. The van der Waals surface area contributed by atoms with Crippen LogP contribution in [0.2, 0.25) is 0 Å². The first kappa shape index (κ1) is 17.6. The Kier molecular flexibility index (Phi) is 5.64. The van der Waals surface area contributed by atoms with Crippen LogP contribution in [0.15, 0.2) is 18.2 Å². The number of nitrogens with zero attached hydrogens (tertiary/aromatic N) is 1. The van der Waals surface area contributed by atoms with Gasteiger partial charge in [-0.15, -0.1) is 0 Å². The number of fused-ring (bicyclic) bond motifs is 1. The zero-order valence-electron chi connectivity index (χ0n) is 13.4. The molecule has 8 nitrogen and oxygen atoms in total. The van der Waals surface area contributed by atoms with Crippen molar-refractivity contribution < 1.29 is 19.2 Å². The van der Waals surface area contributed by atoms with E-state index in [0.717, 1.165) is 4.90 Å². The third kappa shape index (κ3) is 3.13. The highest BCUT2D eigenvalue weighted by molar-refractivity contribution is 6.25. The van der Waals surface area contributed by atoms with E-state index < -0.39 is 23.8 Å². The summed E-state index contributed by atoms with van der Waals surface area (Å²) in [6.07, 6.45) is 1.09. The topological polar surface area (TPSA) is 122 Å². The van der Waals surface area contributed by atoms with Gasteiger partial charge in [-0.1, -0.05) is 19.4 Å². The lowest BCUT2D eigenvalue weighted by atomic mass is 10.1. The SMILES string of the molecule is CCCC(C(=O)NC=O)N1C(=O)c2cccc(NCCN)c2C1=O. The molecular formula is C16H20N4O4.